The van der Waals surface area contributed by atoms with Crippen molar-refractivity contribution >= 4 is 12.2 Å². The number of nitrogens with one attached hydrogen (secondary N) is 2. The Labute approximate surface area is 108 Å². The minimum atomic E-state index is -0.314. The number of H-pyrrole nitrogens is 1. The summed E-state index contributed by atoms with van der Waals surface area (Å²) in [6.45, 7) is 1.57. The third-order valence-corrected chi connectivity index (χ3v) is 2.28. The van der Waals surface area contributed by atoms with Crippen LogP contribution in [0.5, 0.6) is 0 Å². The standard InChI is InChI=1S/C12H10N6O/c1-8-11(19)15-12(18-16-8)17-14-7-10-4-2-9(6-13)3-5-10/h2-5,7H,1H3,(H2,15,17,18,19)/b14-7-. The normalized spacial score (nSPS) is 10.3. The largest absolute Gasteiger partial charge is 0.288 e. The first-order chi connectivity index (χ1) is 9.19. The van der Waals surface area contributed by atoms with Gasteiger partial charge in [-0.05, 0) is 24.6 Å². The summed E-state index contributed by atoms with van der Waals surface area (Å²) < 4.78 is 0. The predicted molar refractivity (Wildman–Crippen MR) is 69.8 cm³/mol. The van der Waals surface area contributed by atoms with Gasteiger partial charge in [0.1, 0.15) is 5.69 Å². The Kier molecular flexibility index (Phi) is 3.64. The molecule has 0 amide bonds. The first-order valence-corrected chi connectivity index (χ1v) is 5.42. The van der Waals surface area contributed by atoms with Crippen LogP contribution in [-0.4, -0.2) is 21.4 Å². The summed E-state index contributed by atoms with van der Waals surface area (Å²) in [6, 6.07) is 8.92. The van der Waals surface area contributed by atoms with Gasteiger partial charge >= 0.3 is 0 Å². The molecule has 0 unspecified atom stereocenters. The predicted octanol–water partition coefficient (Wildman–Crippen LogP) is 0.791. The van der Waals surface area contributed by atoms with Crippen molar-refractivity contribution < 1.29 is 0 Å². The molecular formula is C12H10N6O. The molecule has 1 aromatic carbocycles. The van der Waals surface area contributed by atoms with Gasteiger partial charge in [0.2, 0.25) is 5.95 Å². The van der Waals surface area contributed by atoms with E-state index in [-0.39, 0.29) is 11.5 Å². The summed E-state index contributed by atoms with van der Waals surface area (Å²) in [5, 5.41) is 19.9. The first-order valence-electron chi connectivity index (χ1n) is 5.42. The number of hydrogen-bond donors (Lipinski definition) is 2. The van der Waals surface area contributed by atoms with Crippen LogP contribution < -0.4 is 11.0 Å². The van der Waals surface area contributed by atoms with Gasteiger partial charge in [0.15, 0.2) is 0 Å². The summed E-state index contributed by atoms with van der Waals surface area (Å²) >= 11 is 0. The van der Waals surface area contributed by atoms with Gasteiger partial charge in [-0.3, -0.25) is 9.78 Å². The Hall–Kier alpha value is -3.01. The molecule has 0 atom stereocenters. The highest BCUT2D eigenvalue weighted by Crippen LogP contribution is 2.00. The lowest BCUT2D eigenvalue weighted by Crippen LogP contribution is -2.15. The lowest BCUT2D eigenvalue weighted by molar-refractivity contribution is 0.897. The van der Waals surface area contributed by atoms with E-state index >= 15 is 0 Å². The molecule has 0 saturated carbocycles. The van der Waals surface area contributed by atoms with Gasteiger partial charge in [-0.2, -0.15) is 10.4 Å². The summed E-state index contributed by atoms with van der Waals surface area (Å²) in [7, 11) is 0. The Morgan fingerprint density at radius 2 is 2.11 bits per heavy atom. The van der Waals surface area contributed by atoms with Crippen LogP contribution in [-0.2, 0) is 0 Å². The summed E-state index contributed by atoms with van der Waals surface area (Å²) in [6.07, 6.45) is 1.54. The minimum Gasteiger partial charge on any atom is -0.288 e. The molecule has 0 aliphatic carbocycles. The van der Waals surface area contributed by atoms with E-state index in [0.29, 0.717) is 11.3 Å². The summed E-state index contributed by atoms with van der Waals surface area (Å²) in [5.41, 5.74) is 3.94. The molecule has 1 heterocycles. The van der Waals surface area contributed by atoms with Crippen LogP contribution in [0.2, 0.25) is 0 Å². The van der Waals surface area contributed by atoms with Crippen LogP contribution in [0, 0.1) is 18.3 Å². The number of nitrogens with zero attached hydrogens (tertiary/aromatic N) is 4. The molecule has 0 fully saturated rings. The Bertz CT molecular complexity index is 695. The quantitative estimate of drug-likeness (QED) is 0.622. The van der Waals surface area contributed by atoms with Gasteiger partial charge in [-0.15, -0.1) is 10.2 Å². The molecule has 19 heavy (non-hydrogen) atoms. The molecule has 2 rings (SSSR count). The molecule has 7 heteroatoms. The molecule has 0 aliphatic rings. The zero-order valence-corrected chi connectivity index (χ0v) is 10.1. The fourth-order valence-corrected chi connectivity index (χ4v) is 1.26. The smallest absolute Gasteiger partial charge is 0.274 e. The number of aromatic amines is 1. The van der Waals surface area contributed by atoms with Crippen LogP contribution in [0.1, 0.15) is 16.8 Å². The molecule has 0 spiro atoms. The molecule has 2 aromatic rings. The van der Waals surface area contributed by atoms with Gasteiger partial charge in [0, 0.05) is 0 Å². The van der Waals surface area contributed by atoms with Gasteiger partial charge in [0.25, 0.3) is 5.56 Å². The van der Waals surface area contributed by atoms with Gasteiger partial charge in [-0.25, -0.2) is 5.43 Å². The number of hydrazone groups is 1. The lowest BCUT2D eigenvalue weighted by atomic mass is 10.2. The average molecular weight is 254 g/mol. The van der Waals surface area contributed by atoms with Gasteiger partial charge < -0.3 is 0 Å². The molecule has 94 valence electrons. The lowest BCUT2D eigenvalue weighted by Gasteiger charge is -1.98. The topological polar surface area (TPSA) is 107 Å². The zero-order valence-electron chi connectivity index (χ0n) is 10.1. The van der Waals surface area contributed by atoms with Crippen LogP contribution in [0.4, 0.5) is 5.95 Å². The number of nitriles is 1. The van der Waals surface area contributed by atoms with Gasteiger partial charge in [0.05, 0.1) is 17.8 Å². The fraction of sp³-hybridized carbons (Fsp3) is 0.0833. The van der Waals surface area contributed by atoms with Crippen molar-refractivity contribution in [1.82, 2.24) is 15.2 Å². The van der Waals surface area contributed by atoms with E-state index in [2.05, 4.69) is 25.7 Å². The SMILES string of the molecule is Cc1nnc(N/N=C\c2ccc(C#N)cc2)[nH]c1=O. The molecule has 2 N–H and O–H groups in total. The van der Waals surface area contributed by atoms with Crippen LogP contribution in [0.25, 0.3) is 0 Å². The molecule has 0 radical (unpaired) electrons. The van der Waals surface area contributed by atoms with E-state index in [1.54, 1.807) is 37.4 Å². The van der Waals surface area contributed by atoms with E-state index in [1.165, 1.54) is 0 Å². The Morgan fingerprint density at radius 1 is 1.37 bits per heavy atom. The summed E-state index contributed by atoms with van der Waals surface area (Å²) in [4.78, 5) is 13.7. The second-order valence-electron chi connectivity index (χ2n) is 3.69. The minimum absolute atomic E-state index is 0.167. The maximum absolute atomic E-state index is 11.3. The van der Waals surface area contributed by atoms with Crippen molar-refractivity contribution in [1.29, 1.82) is 5.26 Å². The summed E-state index contributed by atoms with van der Waals surface area (Å²) in [5.74, 6) is 0.167. The molecule has 0 aliphatic heterocycles. The molecular weight excluding hydrogens is 244 g/mol. The fourth-order valence-electron chi connectivity index (χ4n) is 1.26. The highest BCUT2D eigenvalue weighted by atomic mass is 16.1. The Morgan fingerprint density at radius 3 is 2.74 bits per heavy atom. The second-order valence-corrected chi connectivity index (χ2v) is 3.69. The zero-order chi connectivity index (χ0) is 13.7. The molecule has 7 nitrogen and oxygen atoms in total. The third-order valence-electron chi connectivity index (χ3n) is 2.28. The Balaban J connectivity index is 2.05. The molecule has 0 saturated heterocycles. The number of aryl methyl sites for hydroxylation is 1. The number of anilines is 1. The maximum atomic E-state index is 11.3. The van der Waals surface area contributed by atoms with Crippen LogP contribution in [0.3, 0.4) is 0 Å². The number of rotatable bonds is 3. The maximum Gasteiger partial charge on any atom is 0.274 e. The molecule has 0 bridgehead atoms. The second kappa shape index (κ2) is 5.55. The third kappa shape index (κ3) is 3.23. The van der Waals surface area contributed by atoms with Crippen molar-refractivity contribution in [2.24, 2.45) is 5.10 Å². The van der Waals surface area contributed by atoms with E-state index < -0.39 is 0 Å². The van der Waals surface area contributed by atoms with Crippen molar-refractivity contribution in [3.05, 3.63) is 51.4 Å². The highest BCUT2D eigenvalue weighted by molar-refractivity contribution is 5.80. The van der Waals surface area contributed by atoms with E-state index in [4.69, 9.17) is 5.26 Å². The van der Waals surface area contributed by atoms with Crippen LogP contribution in [0.15, 0.2) is 34.2 Å². The van der Waals surface area contributed by atoms with Gasteiger partial charge in [-0.1, -0.05) is 12.1 Å². The first kappa shape index (κ1) is 12.4. The van der Waals surface area contributed by atoms with E-state index in [1.807, 2.05) is 6.07 Å². The van der Waals surface area contributed by atoms with Crippen molar-refractivity contribution in [3.63, 3.8) is 0 Å². The number of benzene rings is 1. The number of hydrogen-bond acceptors (Lipinski definition) is 6. The van der Waals surface area contributed by atoms with Crippen molar-refractivity contribution in [3.8, 4) is 6.07 Å². The monoisotopic (exact) mass is 254 g/mol. The van der Waals surface area contributed by atoms with Crippen LogP contribution >= 0.6 is 0 Å². The van der Waals surface area contributed by atoms with E-state index in [9.17, 15) is 4.79 Å². The number of aromatic nitrogens is 3. The van der Waals surface area contributed by atoms with Crippen molar-refractivity contribution in [2.45, 2.75) is 6.92 Å². The highest BCUT2D eigenvalue weighted by Gasteiger charge is 1.97. The average Bonchev–Trinajstić information content (AvgIpc) is 2.43. The molecule has 1 aromatic heterocycles. The van der Waals surface area contributed by atoms with E-state index in [0.717, 1.165) is 5.56 Å². The van der Waals surface area contributed by atoms with Crippen molar-refractivity contribution in [2.75, 3.05) is 5.43 Å².